The van der Waals surface area contributed by atoms with Gasteiger partial charge >= 0.3 is 0 Å². The number of nitrogens with two attached hydrogens (primary N) is 1. The molecule has 90 valence electrons. The van der Waals surface area contributed by atoms with E-state index >= 15 is 0 Å². The topological polar surface area (TPSA) is 32.5 Å². The van der Waals surface area contributed by atoms with Crippen LogP contribution in [0.25, 0.3) is 0 Å². The fourth-order valence-corrected chi connectivity index (χ4v) is 2.29. The van der Waals surface area contributed by atoms with Crippen LogP contribution >= 0.6 is 0 Å². The van der Waals surface area contributed by atoms with E-state index in [-0.39, 0.29) is 0 Å². The largest absolute Gasteiger partial charge is 0.328 e. The Morgan fingerprint density at radius 1 is 1.33 bits per heavy atom. The molecule has 0 saturated carbocycles. The number of nitrogens with zero attached hydrogens (tertiary/aromatic N) is 2. The highest BCUT2D eigenvalue weighted by atomic mass is 15.3. The maximum absolute atomic E-state index is 6.15. The molecule has 3 heteroatoms. The van der Waals surface area contributed by atoms with E-state index in [2.05, 4.69) is 30.8 Å². The quantitative estimate of drug-likeness (QED) is 0.743. The van der Waals surface area contributed by atoms with Crippen molar-refractivity contribution in [2.75, 3.05) is 33.7 Å². The lowest BCUT2D eigenvalue weighted by Crippen LogP contribution is -2.51. The van der Waals surface area contributed by atoms with Crippen molar-refractivity contribution in [2.45, 2.75) is 44.7 Å². The third-order valence-electron chi connectivity index (χ3n) is 3.48. The Morgan fingerprint density at radius 3 is 2.73 bits per heavy atom. The lowest BCUT2D eigenvalue weighted by atomic mass is 10.00. The molecule has 0 aliphatic carbocycles. The zero-order chi connectivity index (χ0) is 11.3. The van der Waals surface area contributed by atoms with Crippen molar-refractivity contribution in [1.29, 1.82) is 0 Å². The van der Waals surface area contributed by atoms with Crippen LogP contribution in [0, 0.1) is 0 Å². The Balaban J connectivity index is 2.28. The van der Waals surface area contributed by atoms with E-state index in [9.17, 15) is 0 Å². The number of hydrogen-bond donors (Lipinski definition) is 1. The summed E-state index contributed by atoms with van der Waals surface area (Å²) in [5.41, 5.74) is 6.15. The maximum Gasteiger partial charge on any atom is 0.0235 e. The van der Waals surface area contributed by atoms with Crippen LogP contribution in [0.5, 0.6) is 0 Å². The minimum Gasteiger partial charge on any atom is -0.328 e. The number of rotatable bonds is 5. The molecule has 1 saturated heterocycles. The summed E-state index contributed by atoms with van der Waals surface area (Å²) in [4.78, 5) is 4.88. The molecule has 1 rings (SSSR count). The highest BCUT2D eigenvalue weighted by molar-refractivity contribution is 4.81. The van der Waals surface area contributed by atoms with Crippen molar-refractivity contribution in [2.24, 2.45) is 5.73 Å². The van der Waals surface area contributed by atoms with Gasteiger partial charge in [0.15, 0.2) is 0 Å². The second-order valence-corrected chi connectivity index (χ2v) is 5.03. The zero-order valence-corrected chi connectivity index (χ0v) is 10.6. The normalized spacial score (nSPS) is 26.8. The van der Waals surface area contributed by atoms with Crippen LogP contribution in [0.2, 0.25) is 0 Å². The summed E-state index contributed by atoms with van der Waals surface area (Å²) < 4.78 is 0. The molecule has 0 aromatic rings. The highest BCUT2D eigenvalue weighted by Crippen LogP contribution is 2.13. The molecule has 15 heavy (non-hydrogen) atoms. The van der Waals surface area contributed by atoms with Crippen molar-refractivity contribution in [3.8, 4) is 0 Å². The van der Waals surface area contributed by atoms with Crippen LogP contribution in [-0.4, -0.2) is 55.6 Å². The zero-order valence-electron chi connectivity index (χ0n) is 10.6. The Labute approximate surface area is 94.6 Å². The summed E-state index contributed by atoms with van der Waals surface area (Å²) in [5.74, 6) is 0. The Kier molecular flexibility index (Phi) is 5.58. The molecule has 1 heterocycles. The first-order valence-corrected chi connectivity index (χ1v) is 6.27. The molecule has 0 aromatic carbocycles. The first-order valence-electron chi connectivity index (χ1n) is 6.27. The third kappa shape index (κ3) is 4.49. The second-order valence-electron chi connectivity index (χ2n) is 5.03. The average molecular weight is 213 g/mol. The summed E-state index contributed by atoms with van der Waals surface area (Å²) in [6.07, 6.45) is 4.87. The van der Waals surface area contributed by atoms with Gasteiger partial charge < -0.3 is 15.5 Å². The lowest BCUT2D eigenvalue weighted by Gasteiger charge is -2.38. The molecular formula is C12H27N3. The molecule has 1 aliphatic rings. The summed E-state index contributed by atoms with van der Waals surface area (Å²) in [5, 5.41) is 0. The van der Waals surface area contributed by atoms with E-state index in [1.165, 1.54) is 38.9 Å². The van der Waals surface area contributed by atoms with Gasteiger partial charge in [-0.2, -0.15) is 0 Å². The van der Waals surface area contributed by atoms with Gasteiger partial charge in [-0.1, -0.05) is 19.8 Å². The van der Waals surface area contributed by atoms with Gasteiger partial charge in [-0.15, -0.1) is 0 Å². The third-order valence-corrected chi connectivity index (χ3v) is 3.48. The van der Waals surface area contributed by atoms with Crippen molar-refractivity contribution >= 4 is 0 Å². The van der Waals surface area contributed by atoms with Crippen LogP contribution in [0.4, 0.5) is 0 Å². The summed E-state index contributed by atoms with van der Waals surface area (Å²) in [6, 6.07) is 1.06. The van der Waals surface area contributed by atoms with E-state index in [1.807, 2.05) is 0 Å². The molecule has 2 atom stereocenters. The van der Waals surface area contributed by atoms with Crippen LogP contribution < -0.4 is 5.73 Å². The van der Waals surface area contributed by atoms with Crippen LogP contribution in [0.3, 0.4) is 0 Å². The molecule has 2 N–H and O–H groups in total. The minimum atomic E-state index is 0.392. The van der Waals surface area contributed by atoms with Gasteiger partial charge in [0, 0.05) is 31.7 Å². The van der Waals surface area contributed by atoms with Gasteiger partial charge in [0.2, 0.25) is 0 Å². The molecule has 0 amide bonds. The molecular weight excluding hydrogens is 186 g/mol. The maximum atomic E-state index is 6.15. The molecule has 0 aromatic heterocycles. The molecule has 3 nitrogen and oxygen atoms in total. The van der Waals surface area contributed by atoms with Crippen molar-refractivity contribution in [1.82, 2.24) is 9.80 Å². The summed E-state index contributed by atoms with van der Waals surface area (Å²) in [6.45, 7) is 5.78. The van der Waals surface area contributed by atoms with Crippen LogP contribution in [0.15, 0.2) is 0 Å². The van der Waals surface area contributed by atoms with Gasteiger partial charge in [0.1, 0.15) is 0 Å². The molecule has 0 radical (unpaired) electrons. The highest BCUT2D eigenvalue weighted by Gasteiger charge is 2.23. The number of hydrogen-bond acceptors (Lipinski definition) is 3. The Bertz CT molecular complexity index is 172. The first kappa shape index (κ1) is 12.9. The van der Waals surface area contributed by atoms with E-state index in [4.69, 9.17) is 5.73 Å². The minimum absolute atomic E-state index is 0.392. The van der Waals surface area contributed by atoms with Gasteiger partial charge in [-0.3, -0.25) is 0 Å². The van der Waals surface area contributed by atoms with E-state index < -0.39 is 0 Å². The smallest absolute Gasteiger partial charge is 0.0235 e. The number of piperazine rings is 1. The van der Waals surface area contributed by atoms with E-state index in [0.717, 1.165) is 6.42 Å². The van der Waals surface area contributed by atoms with E-state index in [1.54, 1.807) is 0 Å². The lowest BCUT2D eigenvalue weighted by molar-refractivity contribution is 0.103. The standard InChI is InChI=1S/C12H27N3/c1-4-5-6-11(13)9-12-10-14(2)7-8-15(12)3/h11-12H,4-10,13H2,1-3H3. The van der Waals surface area contributed by atoms with Gasteiger partial charge in [-0.05, 0) is 26.9 Å². The molecule has 0 bridgehead atoms. The van der Waals surface area contributed by atoms with Gasteiger partial charge in [0.05, 0.1) is 0 Å². The summed E-state index contributed by atoms with van der Waals surface area (Å²) >= 11 is 0. The average Bonchev–Trinajstić information content (AvgIpc) is 2.20. The number of unbranched alkanes of at least 4 members (excludes halogenated alkanes) is 1. The van der Waals surface area contributed by atoms with Crippen molar-refractivity contribution < 1.29 is 0 Å². The fourth-order valence-electron chi connectivity index (χ4n) is 2.29. The molecule has 2 unspecified atom stereocenters. The van der Waals surface area contributed by atoms with E-state index in [0.29, 0.717) is 12.1 Å². The predicted octanol–water partition coefficient (Wildman–Crippen LogP) is 1.14. The first-order chi connectivity index (χ1) is 7.13. The SMILES string of the molecule is CCCCC(N)CC1CN(C)CCN1C. The van der Waals surface area contributed by atoms with Crippen molar-refractivity contribution in [3.63, 3.8) is 0 Å². The predicted molar refractivity (Wildman–Crippen MR) is 66.0 cm³/mol. The fraction of sp³-hybridized carbons (Fsp3) is 1.00. The van der Waals surface area contributed by atoms with Crippen LogP contribution in [0.1, 0.15) is 32.6 Å². The Morgan fingerprint density at radius 2 is 2.07 bits per heavy atom. The molecule has 1 fully saturated rings. The summed E-state index contributed by atoms with van der Waals surface area (Å²) in [7, 11) is 4.43. The van der Waals surface area contributed by atoms with Crippen molar-refractivity contribution in [3.05, 3.63) is 0 Å². The van der Waals surface area contributed by atoms with Gasteiger partial charge in [-0.25, -0.2) is 0 Å². The van der Waals surface area contributed by atoms with Gasteiger partial charge in [0.25, 0.3) is 0 Å². The van der Waals surface area contributed by atoms with Crippen LogP contribution in [-0.2, 0) is 0 Å². The monoisotopic (exact) mass is 213 g/mol. The second kappa shape index (κ2) is 6.46. The number of likely N-dealkylation sites (N-methyl/N-ethyl adjacent to an activating group) is 2. The molecule has 1 aliphatic heterocycles. The molecule has 0 spiro atoms. The Hall–Kier alpha value is -0.120.